The van der Waals surface area contributed by atoms with Crippen LogP contribution in [0.25, 0.3) is 0 Å². The molecule has 96 valence electrons. The van der Waals surface area contributed by atoms with E-state index in [0.29, 0.717) is 0 Å². The van der Waals surface area contributed by atoms with Crippen LogP contribution >= 0.6 is 11.6 Å². The highest BCUT2D eigenvalue weighted by molar-refractivity contribution is 6.30. The predicted octanol–water partition coefficient (Wildman–Crippen LogP) is 4.05. The standard InChI is InChI=1S/C14H21ClFN/c1-4-7-14(2,10-17-3)9-11-5-6-12(15)13(16)8-11/h5-6,8,17H,4,7,9-10H2,1-3H3. The first-order valence-electron chi connectivity index (χ1n) is 6.09. The number of hydrogen-bond donors (Lipinski definition) is 1. The zero-order valence-corrected chi connectivity index (χ0v) is 11.6. The smallest absolute Gasteiger partial charge is 0.142 e. The Bertz CT molecular complexity index is 359. The summed E-state index contributed by atoms with van der Waals surface area (Å²) in [7, 11) is 1.95. The first-order chi connectivity index (χ1) is 8.00. The molecule has 1 nitrogen and oxygen atoms in total. The van der Waals surface area contributed by atoms with Gasteiger partial charge in [-0.05, 0) is 43.0 Å². The molecule has 0 spiro atoms. The summed E-state index contributed by atoms with van der Waals surface area (Å²) in [6.07, 6.45) is 3.13. The molecule has 1 aromatic carbocycles. The topological polar surface area (TPSA) is 12.0 Å². The van der Waals surface area contributed by atoms with E-state index in [2.05, 4.69) is 19.2 Å². The van der Waals surface area contributed by atoms with E-state index < -0.39 is 0 Å². The molecule has 0 aliphatic rings. The molecule has 1 atom stereocenters. The maximum absolute atomic E-state index is 13.4. The van der Waals surface area contributed by atoms with Crippen LogP contribution in [0.5, 0.6) is 0 Å². The van der Waals surface area contributed by atoms with Crippen LogP contribution in [0.15, 0.2) is 18.2 Å². The molecule has 3 heteroatoms. The number of halogens is 2. The van der Waals surface area contributed by atoms with E-state index in [1.165, 1.54) is 0 Å². The van der Waals surface area contributed by atoms with Crippen LogP contribution in [0.4, 0.5) is 4.39 Å². The summed E-state index contributed by atoms with van der Waals surface area (Å²) in [5, 5.41) is 3.41. The molecular formula is C14H21ClFN. The lowest BCUT2D eigenvalue weighted by atomic mass is 9.79. The van der Waals surface area contributed by atoms with Gasteiger partial charge in [-0.15, -0.1) is 0 Å². The Labute approximate surface area is 108 Å². The van der Waals surface area contributed by atoms with Gasteiger partial charge < -0.3 is 5.32 Å². The summed E-state index contributed by atoms with van der Waals surface area (Å²) in [5.41, 5.74) is 1.18. The molecular weight excluding hydrogens is 237 g/mol. The molecule has 1 aromatic rings. The third-order valence-electron chi connectivity index (χ3n) is 3.07. The summed E-state index contributed by atoms with van der Waals surface area (Å²) in [4.78, 5) is 0. The maximum Gasteiger partial charge on any atom is 0.142 e. The number of rotatable bonds is 6. The minimum atomic E-state index is -0.326. The summed E-state index contributed by atoms with van der Waals surface area (Å²) >= 11 is 5.69. The molecule has 0 saturated heterocycles. The molecule has 0 heterocycles. The minimum Gasteiger partial charge on any atom is -0.319 e. The lowest BCUT2D eigenvalue weighted by Gasteiger charge is -2.29. The second kappa shape index (κ2) is 6.36. The van der Waals surface area contributed by atoms with Crippen LogP contribution in [0, 0.1) is 11.2 Å². The third kappa shape index (κ3) is 4.29. The van der Waals surface area contributed by atoms with Crippen LogP contribution in [-0.2, 0) is 6.42 Å². The zero-order chi connectivity index (χ0) is 12.9. The Hall–Kier alpha value is -0.600. The Kier molecular flexibility index (Phi) is 5.41. The van der Waals surface area contributed by atoms with Gasteiger partial charge in [-0.1, -0.05) is 37.9 Å². The van der Waals surface area contributed by atoms with E-state index in [1.807, 2.05) is 13.1 Å². The molecule has 0 aliphatic carbocycles. The van der Waals surface area contributed by atoms with Gasteiger partial charge in [0.2, 0.25) is 0 Å². The number of nitrogens with one attached hydrogen (secondary N) is 1. The van der Waals surface area contributed by atoms with Crippen LogP contribution in [-0.4, -0.2) is 13.6 Å². The molecule has 0 aromatic heterocycles. The van der Waals surface area contributed by atoms with Crippen molar-refractivity contribution in [3.05, 3.63) is 34.6 Å². The average Bonchev–Trinajstić information content (AvgIpc) is 2.24. The van der Waals surface area contributed by atoms with Crippen LogP contribution < -0.4 is 5.32 Å². The van der Waals surface area contributed by atoms with Gasteiger partial charge in [0.15, 0.2) is 0 Å². The van der Waals surface area contributed by atoms with E-state index >= 15 is 0 Å². The van der Waals surface area contributed by atoms with Gasteiger partial charge in [-0.25, -0.2) is 4.39 Å². The van der Waals surface area contributed by atoms with Gasteiger partial charge in [0, 0.05) is 6.54 Å². The lowest BCUT2D eigenvalue weighted by molar-refractivity contribution is 0.282. The van der Waals surface area contributed by atoms with Gasteiger partial charge in [0.05, 0.1) is 5.02 Å². The highest BCUT2D eigenvalue weighted by Gasteiger charge is 2.23. The fraction of sp³-hybridized carbons (Fsp3) is 0.571. The van der Waals surface area contributed by atoms with E-state index in [-0.39, 0.29) is 16.3 Å². The molecule has 0 saturated carbocycles. The lowest BCUT2D eigenvalue weighted by Crippen LogP contribution is -2.31. The van der Waals surface area contributed by atoms with E-state index in [9.17, 15) is 4.39 Å². The molecule has 17 heavy (non-hydrogen) atoms. The summed E-state index contributed by atoms with van der Waals surface area (Å²) in [5.74, 6) is -0.326. The van der Waals surface area contributed by atoms with Crippen molar-refractivity contribution >= 4 is 11.6 Å². The van der Waals surface area contributed by atoms with Gasteiger partial charge >= 0.3 is 0 Å². The number of benzene rings is 1. The Morgan fingerprint density at radius 3 is 2.65 bits per heavy atom. The maximum atomic E-state index is 13.4. The monoisotopic (exact) mass is 257 g/mol. The van der Waals surface area contributed by atoms with Crippen molar-refractivity contribution in [2.24, 2.45) is 5.41 Å². The van der Waals surface area contributed by atoms with Crippen molar-refractivity contribution in [2.45, 2.75) is 33.1 Å². The minimum absolute atomic E-state index is 0.170. The zero-order valence-electron chi connectivity index (χ0n) is 10.8. The van der Waals surface area contributed by atoms with Crippen LogP contribution in [0.1, 0.15) is 32.3 Å². The van der Waals surface area contributed by atoms with E-state index in [4.69, 9.17) is 11.6 Å². The van der Waals surface area contributed by atoms with Gasteiger partial charge in [0.25, 0.3) is 0 Å². The summed E-state index contributed by atoms with van der Waals surface area (Å²) in [6, 6.07) is 5.10. The van der Waals surface area contributed by atoms with Gasteiger partial charge in [-0.2, -0.15) is 0 Å². The van der Waals surface area contributed by atoms with Crippen molar-refractivity contribution in [2.75, 3.05) is 13.6 Å². The van der Waals surface area contributed by atoms with Crippen molar-refractivity contribution < 1.29 is 4.39 Å². The SMILES string of the molecule is CCCC(C)(CNC)Cc1ccc(Cl)c(F)c1. The van der Waals surface area contributed by atoms with Gasteiger partial charge in [0.1, 0.15) is 5.82 Å². The summed E-state index contributed by atoms with van der Waals surface area (Å²) < 4.78 is 13.4. The van der Waals surface area contributed by atoms with Crippen molar-refractivity contribution in [1.29, 1.82) is 0 Å². The van der Waals surface area contributed by atoms with Crippen LogP contribution in [0.3, 0.4) is 0 Å². The van der Waals surface area contributed by atoms with Gasteiger partial charge in [-0.3, -0.25) is 0 Å². The second-order valence-corrected chi connectivity index (χ2v) is 5.42. The molecule has 1 unspecified atom stereocenters. The Morgan fingerprint density at radius 1 is 1.41 bits per heavy atom. The predicted molar refractivity (Wildman–Crippen MR) is 72.1 cm³/mol. The van der Waals surface area contributed by atoms with Crippen molar-refractivity contribution in [3.63, 3.8) is 0 Å². The molecule has 1 N–H and O–H groups in total. The second-order valence-electron chi connectivity index (χ2n) is 5.02. The fourth-order valence-electron chi connectivity index (χ4n) is 2.41. The summed E-state index contributed by atoms with van der Waals surface area (Å²) in [6.45, 7) is 5.35. The molecule has 1 rings (SSSR count). The highest BCUT2D eigenvalue weighted by atomic mass is 35.5. The Balaban J connectivity index is 2.81. The van der Waals surface area contributed by atoms with E-state index in [0.717, 1.165) is 31.4 Å². The molecule has 0 bridgehead atoms. The highest BCUT2D eigenvalue weighted by Crippen LogP contribution is 2.28. The Morgan fingerprint density at radius 2 is 2.12 bits per heavy atom. The molecule has 0 aliphatic heterocycles. The third-order valence-corrected chi connectivity index (χ3v) is 3.38. The van der Waals surface area contributed by atoms with Crippen LogP contribution in [0.2, 0.25) is 5.02 Å². The van der Waals surface area contributed by atoms with Crippen molar-refractivity contribution in [1.82, 2.24) is 5.32 Å². The normalized spacial score (nSPS) is 14.6. The molecule has 0 fully saturated rings. The quantitative estimate of drug-likeness (QED) is 0.811. The average molecular weight is 258 g/mol. The first kappa shape index (κ1) is 14.5. The fourth-order valence-corrected chi connectivity index (χ4v) is 2.53. The first-order valence-corrected chi connectivity index (χ1v) is 6.47. The van der Waals surface area contributed by atoms with Crippen molar-refractivity contribution in [3.8, 4) is 0 Å². The molecule has 0 amide bonds. The number of hydrogen-bond acceptors (Lipinski definition) is 1. The largest absolute Gasteiger partial charge is 0.319 e. The molecule has 0 radical (unpaired) electrons. The van der Waals surface area contributed by atoms with E-state index in [1.54, 1.807) is 12.1 Å².